The zero-order valence-electron chi connectivity index (χ0n) is 10.4. The Labute approximate surface area is 98.0 Å². The number of hydrogen-bond donors (Lipinski definition) is 1. The van der Waals surface area contributed by atoms with Gasteiger partial charge in [0.15, 0.2) is 11.5 Å². The molecule has 0 aromatic rings. The summed E-state index contributed by atoms with van der Waals surface area (Å²) in [6.07, 6.45) is 6.31. The topological polar surface area (TPSA) is 52.3 Å². The molecule has 0 spiro atoms. The third kappa shape index (κ3) is 4.35. The van der Waals surface area contributed by atoms with Crippen LogP contribution in [0.15, 0.2) is 11.8 Å². The number of allylic oxidation sites excluding steroid dienone is 2. The summed E-state index contributed by atoms with van der Waals surface area (Å²) in [6, 6.07) is 0. The van der Waals surface area contributed by atoms with E-state index in [1.165, 1.54) is 0 Å². The van der Waals surface area contributed by atoms with Crippen molar-refractivity contribution in [2.45, 2.75) is 46.0 Å². The van der Waals surface area contributed by atoms with Crippen molar-refractivity contribution in [1.82, 2.24) is 0 Å². The lowest BCUT2D eigenvalue weighted by Crippen LogP contribution is -2.19. The summed E-state index contributed by atoms with van der Waals surface area (Å²) in [5.74, 6) is 0.722. The van der Waals surface area contributed by atoms with E-state index in [0.29, 0.717) is 25.3 Å². The van der Waals surface area contributed by atoms with E-state index in [1.54, 1.807) is 0 Å². The van der Waals surface area contributed by atoms with Gasteiger partial charge in [-0.25, -0.2) is 0 Å². The number of Topliss-reactive ketones (excluding diaryl/α,β-unsaturated/α-hetero) is 1. The Morgan fingerprint density at radius 2 is 2.25 bits per heavy atom. The van der Waals surface area contributed by atoms with Crippen LogP contribution in [0.25, 0.3) is 0 Å². The third-order valence-corrected chi connectivity index (χ3v) is 3.06. The first-order chi connectivity index (χ1) is 7.55. The van der Waals surface area contributed by atoms with Gasteiger partial charge in [0, 0.05) is 6.42 Å². The molecule has 0 bridgehead atoms. The monoisotopic (exact) mass is 225 g/mol. The molecule has 1 aliphatic rings. The minimum atomic E-state index is 0.143. The van der Waals surface area contributed by atoms with Crippen LogP contribution in [0, 0.1) is 5.41 Å². The average molecular weight is 225 g/mol. The third-order valence-electron chi connectivity index (χ3n) is 3.06. The standard InChI is InChI=1S/C13H23NO2/c1-13(2,8-9-14)7-6-11(15)12-5-3-4-10-16-12/h5H,3-4,6-10,14H2,1-2H3. The number of carbonyl (C=O) groups excluding carboxylic acids is 1. The fourth-order valence-electron chi connectivity index (χ4n) is 1.84. The van der Waals surface area contributed by atoms with Crippen molar-refractivity contribution in [3.63, 3.8) is 0 Å². The van der Waals surface area contributed by atoms with Crippen LogP contribution in [0.4, 0.5) is 0 Å². The van der Waals surface area contributed by atoms with Crippen LogP contribution < -0.4 is 5.73 Å². The van der Waals surface area contributed by atoms with Crippen molar-refractivity contribution in [1.29, 1.82) is 0 Å². The molecule has 0 saturated heterocycles. The van der Waals surface area contributed by atoms with E-state index in [4.69, 9.17) is 10.5 Å². The van der Waals surface area contributed by atoms with Crippen LogP contribution in [0.2, 0.25) is 0 Å². The molecule has 0 radical (unpaired) electrons. The highest BCUT2D eigenvalue weighted by Gasteiger charge is 2.21. The molecule has 0 atom stereocenters. The molecule has 0 amide bonds. The Kier molecular flexibility index (Phi) is 5.00. The van der Waals surface area contributed by atoms with Crippen molar-refractivity contribution in [3.8, 4) is 0 Å². The van der Waals surface area contributed by atoms with Gasteiger partial charge in [-0.2, -0.15) is 0 Å². The van der Waals surface area contributed by atoms with Gasteiger partial charge in [-0.05, 0) is 43.7 Å². The van der Waals surface area contributed by atoms with Gasteiger partial charge in [-0.15, -0.1) is 0 Å². The van der Waals surface area contributed by atoms with Crippen molar-refractivity contribution in [3.05, 3.63) is 11.8 Å². The summed E-state index contributed by atoms with van der Waals surface area (Å²) in [6.45, 7) is 5.68. The second-order valence-electron chi connectivity index (χ2n) is 5.19. The molecular formula is C13H23NO2. The molecule has 0 saturated carbocycles. The van der Waals surface area contributed by atoms with Crippen LogP contribution in [-0.4, -0.2) is 18.9 Å². The summed E-state index contributed by atoms with van der Waals surface area (Å²) < 4.78 is 5.35. The maximum atomic E-state index is 11.8. The Morgan fingerprint density at radius 3 is 2.81 bits per heavy atom. The highest BCUT2D eigenvalue weighted by molar-refractivity contribution is 5.93. The quantitative estimate of drug-likeness (QED) is 0.755. The second-order valence-corrected chi connectivity index (χ2v) is 5.19. The van der Waals surface area contributed by atoms with E-state index < -0.39 is 0 Å². The number of nitrogens with two attached hydrogens (primary N) is 1. The molecule has 1 heterocycles. The number of ether oxygens (including phenoxy) is 1. The van der Waals surface area contributed by atoms with Gasteiger partial charge in [0.1, 0.15) is 0 Å². The highest BCUT2D eigenvalue weighted by Crippen LogP contribution is 2.27. The molecule has 3 heteroatoms. The van der Waals surface area contributed by atoms with Gasteiger partial charge in [0.25, 0.3) is 0 Å². The first-order valence-electron chi connectivity index (χ1n) is 6.11. The van der Waals surface area contributed by atoms with Crippen LogP contribution in [0.3, 0.4) is 0 Å². The largest absolute Gasteiger partial charge is 0.490 e. The minimum absolute atomic E-state index is 0.143. The number of rotatable bonds is 6. The first kappa shape index (κ1) is 13.2. The van der Waals surface area contributed by atoms with Gasteiger partial charge >= 0.3 is 0 Å². The van der Waals surface area contributed by atoms with Crippen LogP contribution in [0.5, 0.6) is 0 Å². The maximum Gasteiger partial charge on any atom is 0.197 e. The van der Waals surface area contributed by atoms with E-state index in [-0.39, 0.29) is 11.2 Å². The van der Waals surface area contributed by atoms with Crippen LogP contribution in [0.1, 0.15) is 46.0 Å². The maximum absolute atomic E-state index is 11.8. The van der Waals surface area contributed by atoms with Crippen molar-refractivity contribution in [2.24, 2.45) is 11.1 Å². The van der Waals surface area contributed by atoms with Crippen molar-refractivity contribution < 1.29 is 9.53 Å². The van der Waals surface area contributed by atoms with E-state index in [1.807, 2.05) is 6.08 Å². The SMILES string of the molecule is CC(C)(CCN)CCC(=O)C1=CCCCO1. The summed E-state index contributed by atoms with van der Waals surface area (Å²) in [7, 11) is 0. The predicted molar refractivity (Wildman–Crippen MR) is 65.0 cm³/mol. The molecule has 1 aliphatic heterocycles. The fraction of sp³-hybridized carbons (Fsp3) is 0.769. The molecule has 2 N–H and O–H groups in total. The van der Waals surface area contributed by atoms with Gasteiger partial charge in [0.2, 0.25) is 0 Å². The van der Waals surface area contributed by atoms with Crippen LogP contribution in [-0.2, 0) is 9.53 Å². The summed E-state index contributed by atoms with van der Waals surface area (Å²) in [5.41, 5.74) is 5.70. The zero-order chi connectivity index (χ0) is 12.0. The molecular weight excluding hydrogens is 202 g/mol. The molecule has 92 valence electrons. The fourth-order valence-corrected chi connectivity index (χ4v) is 1.84. The Morgan fingerprint density at radius 1 is 1.50 bits per heavy atom. The number of hydrogen-bond acceptors (Lipinski definition) is 3. The highest BCUT2D eigenvalue weighted by atomic mass is 16.5. The Bertz CT molecular complexity index is 269. The molecule has 0 aromatic carbocycles. The molecule has 16 heavy (non-hydrogen) atoms. The lowest BCUT2D eigenvalue weighted by molar-refractivity contribution is -0.119. The van der Waals surface area contributed by atoms with Gasteiger partial charge in [0.05, 0.1) is 6.61 Å². The summed E-state index contributed by atoms with van der Waals surface area (Å²) >= 11 is 0. The predicted octanol–water partition coefficient (Wildman–Crippen LogP) is 2.41. The summed E-state index contributed by atoms with van der Waals surface area (Å²) in [4.78, 5) is 11.8. The Hall–Kier alpha value is -0.830. The van der Waals surface area contributed by atoms with Gasteiger partial charge < -0.3 is 10.5 Å². The molecule has 0 aliphatic carbocycles. The smallest absolute Gasteiger partial charge is 0.197 e. The van der Waals surface area contributed by atoms with E-state index in [0.717, 1.165) is 25.7 Å². The van der Waals surface area contributed by atoms with Crippen molar-refractivity contribution in [2.75, 3.05) is 13.2 Å². The number of carbonyl (C=O) groups is 1. The Balaban J connectivity index is 2.37. The molecule has 0 aromatic heterocycles. The molecule has 1 rings (SSSR count). The van der Waals surface area contributed by atoms with E-state index in [9.17, 15) is 4.79 Å². The molecule has 0 unspecified atom stereocenters. The van der Waals surface area contributed by atoms with Gasteiger partial charge in [-0.3, -0.25) is 4.79 Å². The van der Waals surface area contributed by atoms with E-state index in [2.05, 4.69) is 13.8 Å². The molecule has 3 nitrogen and oxygen atoms in total. The minimum Gasteiger partial charge on any atom is -0.490 e. The second kappa shape index (κ2) is 6.04. The van der Waals surface area contributed by atoms with Crippen molar-refractivity contribution >= 4 is 5.78 Å². The van der Waals surface area contributed by atoms with Crippen LogP contribution >= 0.6 is 0 Å². The summed E-state index contributed by atoms with van der Waals surface area (Å²) in [5, 5.41) is 0. The molecule has 0 fully saturated rings. The first-order valence-corrected chi connectivity index (χ1v) is 6.11. The van der Waals surface area contributed by atoms with E-state index >= 15 is 0 Å². The lowest BCUT2D eigenvalue weighted by atomic mass is 9.83. The van der Waals surface area contributed by atoms with Gasteiger partial charge in [-0.1, -0.05) is 13.8 Å². The zero-order valence-corrected chi connectivity index (χ0v) is 10.4. The lowest BCUT2D eigenvalue weighted by Gasteiger charge is -2.23. The average Bonchev–Trinajstić information content (AvgIpc) is 2.27. The normalized spacial score (nSPS) is 16.6. The number of ketones is 1.